The van der Waals surface area contributed by atoms with Crippen molar-refractivity contribution in [2.45, 2.75) is 25.4 Å². The summed E-state index contributed by atoms with van der Waals surface area (Å²) in [6.07, 6.45) is 2.87. The molecule has 1 aromatic carbocycles. The van der Waals surface area contributed by atoms with Crippen LogP contribution in [0.4, 0.5) is 8.78 Å². The molecule has 1 saturated carbocycles. The fraction of sp³-hybridized carbons (Fsp3) is 0.375. The van der Waals surface area contributed by atoms with Crippen molar-refractivity contribution in [1.29, 1.82) is 0 Å². The van der Waals surface area contributed by atoms with Crippen LogP contribution in [0.1, 0.15) is 34.8 Å². The van der Waals surface area contributed by atoms with E-state index in [0.29, 0.717) is 0 Å². The Labute approximate surface area is 130 Å². The molecule has 0 amide bonds. The van der Waals surface area contributed by atoms with Crippen LogP contribution in [0.15, 0.2) is 17.1 Å². The van der Waals surface area contributed by atoms with Gasteiger partial charge >= 0.3 is 5.97 Å². The second-order valence-corrected chi connectivity index (χ2v) is 6.10. The highest BCUT2D eigenvalue weighted by atomic mass is 19.2. The molecule has 1 aliphatic rings. The van der Waals surface area contributed by atoms with Gasteiger partial charge in [-0.3, -0.25) is 4.79 Å². The van der Waals surface area contributed by atoms with Crippen LogP contribution < -0.4 is 5.43 Å². The van der Waals surface area contributed by atoms with E-state index in [1.165, 1.54) is 6.20 Å². The zero-order chi connectivity index (χ0) is 16.9. The molecule has 1 aliphatic carbocycles. The van der Waals surface area contributed by atoms with Crippen LogP contribution in [0.5, 0.6) is 0 Å². The van der Waals surface area contributed by atoms with Crippen molar-refractivity contribution in [2.75, 3.05) is 14.1 Å². The van der Waals surface area contributed by atoms with Gasteiger partial charge in [0.25, 0.3) is 0 Å². The number of nitrogens with zero attached hydrogens (tertiary/aromatic N) is 2. The lowest BCUT2D eigenvalue weighted by Crippen LogP contribution is -2.22. The molecule has 0 saturated heterocycles. The van der Waals surface area contributed by atoms with Crippen LogP contribution >= 0.6 is 0 Å². The number of halogens is 2. The van der Waals surface area contributed by atoms with Gasteiger partial charge < -0.3 is 14.6 Å². The Bertz CT molecular complexity index is 870. The molecule has 1 N–H and O–H groups in total. The van der Waals surface area contributed by atoms with Crippen molar-refractivity contribution in [3.63, 3.8) is 0 Å². The Morgan fingerprint density at radius 1 is 1.39 bits per heavy atom. The molecular formula is C16H16F2N2O3. The zero-order valence-electron chi connectivity index (χ0n) is 12.8. The highest BCUT2D eigenvalue weighted by molar-refractivity contribution is 5.94. The maximum atomic E-state index is 14.3. The molecule has 0 spiro atoms. The summed E-state index contributed by atoms with van der Waals surface area (Å²) < 4.78 is 29.8. The van der Waals surface area contributed by atoms with Crippen LogP contribution in [0, 0.1) is 11.6 Å². The van der Waals surface area contributed by atoms with Gasteiger partial charge in [0.1, 0.15) is 5.56 Å². The number of aromatic carboxylic acids is 1. The van der Waals surface area contributed by atoms with Gasteiger partial charge in [0.2, 0.25) is 5.43 Å². The van der Waals surface area contributed by atoms with Crippen molar-refractivity contribution in [2.24, 2.45) is 0 Å². The van der Waals surface area contributed by atoms with E-state index < -0.39 is 28.6 Å². The van der Waals surface area contributed by atoms with Gasteiger partial charge in [-0.25, -0.2) is 13.6 Å². The number of carbonyl (C=O) groups is 1. The largest absolute Gasteiger partial charge is 0.477 e. The number of hydrogen-bond donors (Lipinski definition) is 1. The zero-order valence-corrected chi connectivity index (χ0v) is 12.8. The second-order valence-electron chi connectivity index (χ2n) is 6.10. The van der Waals surface area contributed by atoms with Crippen molar-refractivity contribution in [3.05, 3.63) is 45.2 Å². The number of rotatable bonds is 4. The molecule has 0 bridgehead atoms. The minimum Gasteiger partial charge on any atom is -0.477 e. The molecule has 0 unspecified atom stereocenters. The Balaban J connectivity index is 2.46. The maximum Gasteiger partial charge on any atom is 0.341 e. The summed E-state index contributed by atoms with van der Waals surface area (Å²) in [6, 6.07) is 1.00. The first-order valence-corrected chi connectivity index (χ1v) is 7.25. The molecule has 1 fully saturated rings. The Morgan fingerprint density at radius 3 is 2.57 bits per heavy atom. The van der Waals surface area contributed by atoms with Crippen LogP contribution in [-0.2, 0) is 6.54 Å². The molecule has 7 heteroatoms. The number of carboxylic acids is 1. The predicted octanol–water partition coefficient (Wildman–Crippen LogP) is 2.37. The van der Waals surface area contributed by atoms with E-state index in [0.717, 1.165) is 18.9 Å². The number of fused-ring (bicyclic) bond motifs is 1. The minimum absolute atomic E-state index is 0.00305. The molecule has 5 nitrogen and oxygen atoms in total. The van der Waals surface area contributed by atoms with E-state index in [2.05, 4.69) is 0 Å². The first kappa shape index (κ1) is 15.6. The normalized spacial score (nSPS) is 14.7. The molecule has 0 radical (unpaired) electrons. The smallest absolute Gasteiger partial charge is 0.341 e. The van der Waals surface area contributed by atoms with Crippen LogP contribution in [-0.4, -0.2) is 34.6 Å². The van der Waals surface area contributed by atoms with Crippen molar-refractivity contribution >= 4 is 16.9 Å². The van der Waals surface area contributed by atoms with Crippen molar-refractivity contribution < 1.29 is 18.7 Å². The van der Waals surface area contributed by atoms with Gasteiger partial charge in [0, 0.05) is 30.4 Å². The fourth-order valence-electron chi connectivity index (χ4n) is 2.79. The monoisotopic (exact) mass is 322 g/mol. The van der Waals surface area contributed by atoms with Gasteiger partial charge in [-0.1, -0.05) is 0 Å². The Morgan fingerprint density at radius 2 is 2.04 bits per heavy atom. The molecule has 3 rings (SSSR count). The molecule has 0 aliphatic heterocycles. The minimum atomic E-state index is -1.37. The average Bonchev–Trinajstić information content (AvgIpc) is 3.27. The highest BCUT2D eigenvalue weighted by Crippen LogP contribution is 2.38. The van der Waals surface area contributed by atoms with Crippen molar-refractivity contribution in [1.82, 2.24) is 9.47 Å². The lowest BCUT2D eigenvalue weighted by Gasteiger charge is -2.17. The quantitative estimate of drug-likeness (QED) is 0.939. The van der Waals surface area contributed by atoms with Gasteiger partial charge in [0.05, 0.1) is 10.9 Å². The summed E-state index contributed by atoms with van der Waals surface area (Å²) in [5.41, 5.74) is -1.05. The van der Waals surface area contributed by atoms with Crippen LogP contribution in [0.25, 0.3) is 10.9 Å². The summed E-state index contributed by atoms with van der Waals surface area (Å²) in [4.78, 5) is 25.5. The number of carboxylic acid groups (broad SMARTS) is 1. The van der Waals surface area contributed by atoms with E-state index in [9.17, 15) is 23.5 Å². The topological polar surface area (TPSA) is 62.5 Å². The summed E-state index contributed by atoms with van der Waals surface area (Å²) in [5.74, 6) is -3.51. The van der Waals surface area contributed by atoms with Crippen molar-refractivity contribution in [3.8, 4) is 0 Å². The van der Waals surface area contributed by atoms with Gasteiger partial charge in [-0.15, -0.1) is 0 Å². The summed E-state index contributed by atoms with van der Waals surface area (Å²) >= 11 is 0. The van der Waals surface area contributed by atoms with E-state index in [1.807, 2.05) is 0 Å². The molecule has 122 valence electrons. The Hall–Kier alpha value is -2.28. The number of pyridine rings is 1. The second kappa shape index (κ2) is 5.42. The Kier molecular flexibility index (Phi) is 3.68. The predicted molar refractivity (Wildman–Crippen MR) is 80.7 cm³/mol. The number of hydrogen-bond acceptors (Lipinski definition) is 3. The summed E-state index contributed by atoms with van der Waals surface area (Å²) in [6.45, 7) is 0.00305. The fourth-order valence-corrected chi connectivity index (χ4v) is 2.79. The van der Waals surface area contributed by atoms with Crippen LogP contribution in [0.2, 0.25) is 0 Å². The molecule has 1 heterocycles. The standard InChI is InChI=1S/C16H16F2N2O3/c1-19(2)6-9-13-12(5-11(17)14(9)18)20(8-3-4-8)7-10(15(13)21)16(22)23/h5,7-8H,3-4,6H2,1-2H3,(H,22,23). The number of benzene rings is 1. The SMILES string of the molecule is CN(C)Cc1c(F)c(F)cc2c1c(=O)c(C(=O)O)cn2C1CC1. The van der Waals surface area contributed by atoms with Gasteiger partial charge in [0.15, 0.2) is 11.6 Å². The molecule has 2 aromatic rings. The molecule has 0 atom stereocenters. The van der Waals surface area contributed by atoms with E-state index in [-0.39, 0.29) is 29.1 Å². The summed E-state index contributed by atoms with van der Waals surface area (Å²) in [5, 5.41) is 9.21. The van der Waals surface area contributed by atoms with Gasteiger partial charge in [-0.05, 0) is 26.9 Å². The van der Waals surface area contributed by atoms with Gasteiger partial charge in [-0.2, -0.15) is 0 Å². The summed E-state index contributed by atoms with van der Waals surface area (Å²) in [7, 11) is 3.33. The lowest BCUT2D eigenvalue weighted by molar-refractivity contribution is 0.0695. The molecular weight excluding hydrogens is 306 g/mol. The third kappa shape index (κ3) is 2.61. The van der Waals surface area contributed by atoms with Crippen LogP contribution in [0.3, 0.4) is 0 Å². The molecule has 23 heavy (non-hydrogen) atoms. The average molecular weight is 322 g/mol. The third-order valence-corrected chi connectivity index (χ3v) is 3.96. The number of aromatic nitrogens is 1. The highest BCUT2D eigenvalue weighted by Gasteiger charge is 2.29. The van der Waals surface area contributed by atoms with E-state index in [1.54, 1.807) is 23.6 Å². The van der Waals surface area contributed by atoms with E-state index in [4.69, 9.17) is 0 Å². The maximum absolute atomic E-state index is 14.3. The first-order valence-electron chi connectivity index (χ1n) is 7.25. The van der Waals surface area contributed by atoms with E-state index >= 15 is 0 Å². The first-order chi connectivity index (χ1) is 10.8. The third-order valence-electron chi connectivity index (χ3n) is 3.96. The molecule has 1 aromatic heterocycles. The lowest BCUT2D eigenvalue weighted by atomic mass is 10.0.